The number of sulfonamides is 1. The Labute approximate surface area is 113 Å². The molecule has 19 heavy (non-hydrogen) atoms. The van der Waals surface area contributed by atoms with E-state index in [0.717, 1.165) is 0 Å². The lowest BCUT2D eigenvalue weighted by Gasteiger charge is -2.33. The molecule has 2 unspecified atom stereocenters. The zero-order valence-corrected chi connectivity index (χ0v) is 11.7. The van der Waals surface area contributed by atoms with Crippen molar-refractivity contribution in [1.82, 2.24) is 9.29 Å². The lowest BCUT2D eigenvalue weighted by molar-refractivity contribution is 0.0605. The van der Waals surface area contributed by atoms with Crippen molar-refractivity contribution in [1.29, 1.82) is 0 Å². The van der Waals surface area contributed by atoms with Gasteiger partial charge in [0.15, 0.2) is 0 Å². The van der Waals surface area contributed by atoms with E-state index >= 15 is 0 Å². The second-order valence-electron chi connectivity index (χ2n) is 4.85. The molecule has 2 rings (SSSR count). The van der Waals surface area contributed by atoms with Gasteiger partial charge in [-0.2, -0.15) is 4.31 Å². The zero-order chi connectivity index (χ0) is 14.0. The first-order valence-electron chi connectivity index (χ1n) is 6.29. The Kier molecular flexibility index (Phi) is 4.19. The Morgan fingerprint density at radius 1 is 1.58 bits per heavy atom. The van der Waals surface area contributed by atoms with Gasteiger partial charge in [0.05, 0.1) is 11.8 Å². The maximum Gasteiger partial charge on any atom is 0.245 e. The number of aliphatic hydroxyl groups is 1. The highest BCUT2D eigenvalue weighted by Gasteiger charge is 2.33. The minimum atomic E-state index is -3.63. The highest BCUT2D eigenvalue weighted by Crippen LogP contribution is 2.24. The van der Waals surface area contributed by atoms with E-state index < -0.39 is 16.1 Å². The lowest BCUT2D eigenvalue weighted by atomic mass is 9.98. The summed E-state index contributed by atoms with van der Waals surface area (Å²) >= 11 is 0. The third-order valence-electron chi connectivity index (χ3n) is 3.54. The maximum atomic E-state index is 12.5. The summed E-state index contributed by atoms with van der Waals surface area (Å²) in [6.45, 7) is 2.54. The van der Waals surface area contributed by atoms with Crippen LogP contribution in [0.3, 0.4) is 0 Å². The van der Waals surface area contributed by atoms with Crippen LogP contribution in [0.4, 0.5) is 0 Å². The second kappa shape index (κ2) is 5.54. The molecule has 1 saturated heterocycles. The van der Waals surface area contributed by atoms with E-state index in [-0.39, 0.29) is 23.9 Å². The number of β-amino-alcohol motifs (C(OH)–C–C–N with tert-alkyl or cyclic N) is 1. The van der Waals surface area contributed by atoms with Crippen molar-refractivity contribution < 1.29 is 13.5 Å². The van der Waals surface area contributed by atoms with E-state index in [4.69, 9.17) is 5.73 Å². The molecule has 0 aliphatic carbocycles. The van der Waals surface area contributed by atoms with Crippen LogP contribution in [-0.2, 0) is 16.6 Å². The zero-order valence-electron chi connectivity index (χ0n) is 10.9. The Balaban J connectivity index is 2.32. The molecule has 1 fully saturated rings. The minimum absolute atomic E-state index is 0.0716. The summed E-state index contributed by atoms with van der Waals surface area (Å²) in [5.74, 6) is 0.120. The van der Waals surface area contributed by atoms with Crippen LogP contribution in [-0.4, -0.2) is 42.0 Å². The van der Waals surface area contributed by atoms with E-state index in [9.17, 15) is 13.5 Å². The molecule has 1 aromatic rings. The smallest absolute Gasteiger partial charge is 0.245 e. The van der Waals surface area contributed by atoms with Crippen LogP contribution < -0.4 is 5.73 Å². The largest absolute Gasteiger partial charge is 0.391 e. The van der Waals surface area contributed by atoms with Gasteiger partial charge in [0.2, 0.25) is 10.0 Å². The number of nitrogens with two attached hydrogens (primary N) is 1. The fourth-order valence-electron chi connectivity index (χ4n) is 2.19. The summed E-state index contributed by atoms with van der Waals surface area (Å²) in [7, 11) is -3.63. The maximum absolute atomic E-state index is 12.5. The lowest BCUT2D eigenvalue weighted by Crippen LogP contribution is -2.46. The summed E-state index contributed by atoms with van der Waals surface area (Å²) in [6, 6.07) is 3.09. The molecule has 0 spiro atoms. The third-order valence-corrected chi connectivity index (χ3v) is 5.48. The molecule has 7 heteroatoms. The van der Waals surface area contributed by atoms with E-state index in [1.54, 1.807) is 6.07 Å². The number of aromatic nitrogens is 1. The molecule has 0 saturated carbocycles. The average molecular weight is 285 g/mol. The van der Waals surface area contributed by atoms with E-state index in [0.29, 0.717) is 18.7 Å². The van der Waals surface area contributed by atoms with Crippen molar-refractivity contribution in [2.75, 3.05) is 13.1 Å². The number of rotatable bonds is 3. The molecule has 0 aromatic carbocycles. The normalized spacial score (nSPS) is 25.4. The van der Waals surface area contributed by atoms with Crippen LogP contribution in [0, 0.1) is 5.92 Å². The summed E-state index contributed by atoms with van der Waals surface area (Å²) in [5, 5.41) is 9.84. The Morgan fingerprint density at radius 3 is 2.95 bits per heavy atom. The fraction of sp³-hybridized carbons (Fsp3) is 0.583. The summed E-state index contributed by atoms with van der Waals surface area (Å²) in [5.41, 5.74) is 5.89. The van der Waals surface area contributed by atoms with E-state index in [2.05, 4.69) is 4.98 Å². The third kappa shape index (κ3) is 2.79. The van der Waals surface area contributed by atoms with Gasteiger partial charge in [0, 0.05) is 25.8 Å². The number of aliphatic hydroxyl groups excluding tert-OH is 1. The van der Waals surface area contributed by atoms with Gasteiger partial charge < -0.3 is 10.8 Å². The van der Waals surface area contributed by atoms with Crippen molar-refractivity contribution in [3.05, 3.63) is 24.0 Å². The van der Waals surface area contributed by atoms with Crippen molar-refractivity contribution in [3.8, 4) is 0 Å². The quantitative estimate of drug-likeness (QED) is 0.810. The molecule has 2 heterocycles. The predicted octanol–water partition coefficient (Wildman–Crippen LogP) is -0.0683. The van der Waals surface area contributed by atoms with E-state index in [1.165, 1.54) is 16.6 Å². The molecule has 1 aliphatic heterocycles. The number of hydrogen-bond acceptors (Lipinski definition) is 5. The molecule has 2 atom stereocenters. The van der Waals surface area contributed by atoms with Gasteiger partial charge in [-0.05, 0) is 24.5 Å². The molecule has 0 radical (unpaired) electrons. The first kappa shape index (κ1) is 14.4. The summed E-state index contributed by atoms with van der Waals surface area (Å²) in [6.07, 6.45) is 1.55. The van der Waals surface area contributed by atoms with Crippen LogP contribution >= 0.6 is 0 Å². The monoisotopic (exact) mass is 285 g/mol. The van der Waals surface area contributed by atoms with Gasteiger partial charge in [0.1, 0.15) is 4.90 Å². The van der Waals surface area contributed by atoms with Crippen LogP contribution in [0.2, 0.25) is 0 Å². The Morgan fingerprint density at radius 2 is 2.32 bits per heavy atom. The molecule has 3 N–H and O–H groups in total. The highest BCUT2D eigenvalue weighted by molar-refractivity contribution is 7.89. The van der Waals surface area contributed by atoms with Gasteiger partial charge in [-0.15, -0.1) is 0 Å². The van der Waals surface area contributed by atoms with Gasteiger partial charge in [-0.3, -0.25) is 4.98 Å². The Bertz CT molecular complexity index is 547. The van der Waals surface area contributed by atoms with Crippen molar-refractivity contribution in [2.24, 2.45) is 11.7 Å². The van der Waals surface area contributed by atoms with Gasteiger partial charge in [-0.25, -0.2) is 8.42 Å². The number of nitrogens with zero attached hydrogens (tertiary/aromatic N) is 2. The first-order chi connectivity index (χ1) is 8.96. The molecule has 106 valence electrons. The second-order valence-corrected chi connectivity index (χ2v) is 6.76. The van der Waals surface area contributed by atoms with Crippen molar-refractivity contribution >= 4 is 10.0 Å². The van der Waals surface area contributed by atoms with Crippen LogP contribution in [0.15, 0.2) is 23.2 Å². The standard InChI is InChI=1S/C12H19N3O3S/c1-9-4-6-15(8-11(9)16)19(17,18)12-3-2-5-14-10(12)7-13/h2-3,5,9,11,16H,4,6-8,13H2,1H3. The fourth-order valence-corrected chi connectivity index (χ4v) is 3.85. The van der Waals surface area contributed by atoms with Crippen LogP contribution in [0.5, 0.6) is 0 Å². The number of piperidine rings is 1. The first-order valence-corrected chi connectivity index (χ1v) is 7.73. The van der Waals surface area contributed by atoms with Crippen molar-refractivity contribution in [2.45, 2.75) is 30.9 Å². The number of hydrogen-bond donors (Lipinski definition) is 2. The molecule has 0 bridgehead atoms. The molecule has 0 amide bonds. The topological polar surface area (TPSA) is 96.5 Å². The SMILES string of the molecule is CC1CCN(S(=O)(=O)c2cccnc2CN)CC1O. The predicted molar refractivity (Wildman–Crippen MR) is 70.7 cm³/mol. The number of pyridine rings is 1. The van der Waals surface area contributed by atoms with Crippen LogP contribution in [0.25, 0.3) is 0 Å². The average Bonchev–Trinajstić information content (AvgIpc) is 2.41. The van der Waals surface area contributed by atoms with E-state index in [1.807, 2.05) is 6.92 Å². The molecule has 1 aromatic heterocycles. The van der Waals surface area contributed by atoms with Gasteiger partial charge in [-0.1, -0.05) is 6.92 Å². The van der Waals surface area contributed by atoms with Crippen LogP contribution in [0.1, 0.15) is 19.0 Å². The van der Waals surface area contributed by atoms with Gasteiger partial charge >= 0.3 is 0 Å². The van der Waals surface area contributed by atoms with Gasteiger partial charge in [0.25, 0.3) is 0 Å². The van der Waals surface area contributed by atoms with Crippen molar-refractivity contribution in [3.63, 3.8) is 0 Å². The molecular formula is C12H19N3O3S. The molecule has 6 nitrogen and oxygen atoms in total. The molecule has 1 aliphatic rings. The molecular weight excluding hydrogens is 266 g/mol. The minimum Gasteiger partial charge on any atom is -0.391 e. The summed E-state index contributed by atoms with van der Waals surface area (Å²) in [4.78, 5) is 4.14. The highest BCUT2D eigenvalue weighted by atomic mass is 32.2. The Hall–Kier alpha value is -1.02. The summed E-state index contributed by atoms with van der Waals surface area (Å²) < 4.78 is 26.4.